The van der Waals surface area contributed by atoms with Gasteiger partial charge in [0.05, 0.1) is 0 Å². The molecule has 70 valence electrons. The Labute approximate surface area is 77.7 Å². The highest BCUT2D eigenvalue weighted by molar-refractivity contribution is 5.94. The molecule has 0 aliphatic heterocycles. The molecule has 0 fully saturated rings. The lowest BCUT2D eigenvalue weighted by Gasteiger charge is -2.08. The molecule has 13 heavy (non-hydrogen) atoms. The van der Waals surface area contributed by atoms with Crippen molar-refractivity contribution in [3.8, 4) is 0 Å². The maximum Gasteiger partial charge on any atom is 0.126 e. The SMILES string of the molecule is CC(C)Nc1ccc(C(=N)N)cn1. The quantitative estimate of drug-likeness (QED) is 0.480. The predicted octanol–water partition coefficient (Wildman–Crippen LogP) is 1.19. The summed E-state index contributed by atoms with van der Waals surface area (Å²) in [7, 11) is 0. The number of nitrogen functional groups attached to an aromatic ring is 1. The number of hydrogen-bond acceptors (Lipinski definition) is 3. The summed E-state index contributed by atoms with van der Waals surface area (Å²) in [5.41, 5.74) is 5.94. The third-order valence-corrected chi connectivity index (χ3v) is 1.51. The van der Waals surface area contributed by atoms with Gasteiger partial charge in [0.2, 0.25) is 0 Å². The minimum absolute atomic E-state index is 0.0450. The van der Waals surface area contributed by atoms with E-state index < -0.39 is 0 Å². The van der Waals surface area contributed by atoms with Crippen LogP contribution in [0.25, 0.3) is 0 Å². The normalized spacial score (nSPS) is 10.1. The fraction of sp³-hybridized carbons (Fsp3) is 0.333. The minimum atomic E-state index is 0.0450. The van der Waals surface area contributed by atoms with Gasteiger partial charge in [-0.25, -0.2) is 4.98 Å². The van der Waals surface area contributed by atoms with Crippen LogP contribution in [0.1, 0.15) is 19.4 Å². The maximum absolute atomic E-state index is 7.16. The average Bonchev–Trinajstić information content (AvgIpc) is 2.04. The molecule has 0 aromatic carbocycles. The molecule has 0 aliphatic carbocycles. The molecule has 0 saturated heterocycles. The maximum atomic E-state index is 7.16. The topological polar surface area (TPSA) is 74.8 Å². The van der Waals surface area contributed by atoms with Gasteiger partial charge >= 0.3 is 0 Å². The molecule has 0 spiro atoms. The van der Waals surface area contributed by atoms with Gasteiger partial charge in [-0.15, -0.1) is 0 Å². The van der Waals surface area contributed by atoms with Gasteiger partial charge < -0.3 is 11.1 Å². The van der Waals surface area contributed by atoms with Crippen molar-refractivity contribution in [3.63, 3.8) is 0 Å². The third-order valence-electron chi connectivity index (χ3n) is 1.51. The van der Waals surface area contributed by atoms with Crippen molar-refractivity contribution < 1.29 is 0 Å². The zero-order valence-corrected chi connectivity index (χ0v) is 7.83. The van der Waals surface area contributed by atoms with Gasteiger partial charge in [0.25, 0.3) is 0 Å². The summed E-state index contributed by atoms with van der Waals surface area (Å²) >= 11 is 0. The van der Waals surface area contributed by atoms with E-state index in [1.54, 1.807) is 12.3 Å². The van der Waals surface area contributed by atoms with Crippen LogP contribution in [0.5, 0.6) is 0 Å². The lowest BCUT2D eigenvalue weighted by Crippen LogP contribution is -2.13. The van der Waals surface area contributed by atoms with Crippen LogP contribution in [0.2, 0.25) is 0 Å². The Morgan fingerprint density at radius 1 is 1.54 bits per heavy atom. The van der Waals surface area contributed by atoms with Crippen LogP contribution in [0.4, 0.5) is 5.82 Å². The molecule has 1 rings (SSSR count). The Morgan fingerprint density at radius 3 is 2.62 bits per heavy atom. The van der Waals surface area contributed by atoms with Gasteiger partial charge in [-0.2, -0.15) is 0 Å². The summed E-state index contributed by atoms with van der Waals surface area (Å²) in [5.74, 6) is 0.851. The fourth-order valence-corrected chi connectivity index (χ4v) is 0.934. The number of nitrogens with one attached hydrogen (secondary N) is 2. The van der Waals surface area contributed by atoms with Gasteiger partial charge in [0.15, 0.2) is 0 Å². The Bertz CT molecular complexity index is 289. The van der Waals surface area contributed by atoms with Gasteiger partial charge in [-0.3, -0.25) is 5.41 Å². The molecular weight excluding hydrogens is 164 g/mol. The van der Waals surface area contributed by atoms with E-state index in [-0.39, 0.29) is 5.84 Å². The molecule has 0 unspecified atom stereocenters. The Kier molecular flexibility index (Phi) is 2.84. The molecule has 0 atom stereocenters. The molecule has 4 N–H and O–H groups in total. The number of aromatic nitrogens is 1. The largest absolute Gasteiger partial charge is 0.384 e. The van der Waals surface area contributed by atoms with Crippen molar-refractivity contribution in [3.05, 3.63) is 23.9 Å². The average molecular weight is 178 g/mol. The van der Waals surface area contributed by atoms with Gasteiger partial charge in [-0.1, -0.05) is 0 Å². The minimum Gasteiger partial charge on any atom is -0.384 e. The number of hydrogen-bond donors (Lipinski definition) is 3. The van der Waals surface area contributed by atoms with Gasteiger partial charge in [-0.05, 0) is 26.0 Å². The van der Waals surface area contributed by atoms with Crippen LogP contribution >= 0.6 is 0 Å². The second-order valence-electron chi connectivity index (χ2n) is 3.14. The first-order valence-corrected chi connectivity index (χ1v) is 4.16. The molecule has 1 aromatic heterocycles. The van der Waals surface area contributed by atoms with Crippen molar-refractivity contribution in [1.82, 2.24) is 4.98 Å². The Hall–Kier alpha value is -1.58. The monoisotopic (exact) mass is 178 g/mol. The van der Waals surface area contributed by atoms with Crippen molar-refractivity contribution in [2.45, 2.75) is 19.9 Å². The third kappa shape index (κ3) is 2.74. The first-order chi connectivity index (χ1) is 6.09. The summed E-state index contributed by atoms with van der Waals surface area (Å²) in [5, 5.41) is 10.3. The molecule has 0 aliphatic rings. The second kappa shape index (κ2) is 3.89. The summed E-state index contributed by atoms with van der Waals surface area (Å²) in [6, 6.07) is 3.95. The van der Waals surface area contributed by atoms with Crippen molar-refractivity contribution >= 4 is 11.7 Å². The van der Waals surface area contributed by atoms with Crippen molar-refractivity contribution in [2.24, 2.45) is 5.73 Å². The second-order valence-corrected chi connectivity index (χ2v) is 3.14. The molecule has 0 bridgehead atoms. The highest BCUT2D eigenvalue weighted by Gasteiger charge is 1.98. The van der Waals surface area contributed by atoms with E-state index in [1.807, 2.05) is 19.9 Å². The number of amidine groups is 1. The molecule has 0 amide bonds. The lowest BCUT2D eigenvalue weighted by molar-refractivity contribution is 0.889. The summed E-state index contributed by atoms with van der Waals surface area (Å²) < 4.78 is 0. The smallest absolute Gasteiger partial charge is 0.126 e. The molecule has 1 heterocycles. The fourth-order valence-electron chi connectivity index (χ4n) is 0.934. The highest BCUT2D eigenvalue weighted by atomic mass is 15.0. The number of anilines is 1. The lowest BCUT2D eigenvalue weighted by atomic mass is 10.2. The number of nitrogens with zero attached hydrogens (tertiary/aromatic N) is 1. The first kappa shape index (κ1) is 9.51. The van der Waals surface area contributed by atoms with E-state index in [0.29, 0.717) is 11.6 Å². The van der Waals surface area contributed by atoms with Crippen LogP contribution in [0.3, 0.4) is 0 Å². The van der Waals surface area contributed by atoms with Gasteiger partial charge in [0.1, 0.15) is 11.7 Å². The summed E-state index contributed by atoms with van der Waals surface area (Å²) in [6.45, 7) is 4.08. The number of rotatable bonds is 3. The Morgan fingerprint density at radius 2 is 2.23 bits per heavy atom. The van der Waals surface area contributed by atoms with E-state index in [9.17, 15) is 0 Å². The zero-order valence-electron chi connectivity index (χ0n) is 7.83. The van der Waals surface area contributed by atoms with Crippen LogP contribution in [0, 0.1) is 5.41 Å². The van der Waals surface area contributed by atoms with E-state index in [4.69, 9.17) is 11.1 Å². The molecule has 0 saturated carbocycles. The van der Waals surface area contributed by atoms with E-state index in [2.05, 4.69) is 10.3 Å². The van der Waals surface area contributed by atoms with Crippen molar-refractivity contribution in [2.75, 3.05) is 5.32 Å². The molecule has 4 heteroatoms. The molecule has 0 radical (unpaired) electrons. The highest BCUT2D eigenvalue weighted by Crippen LogP contribution is 2.05. The Balaban J connectivity index is 2.75. The molecule has 1 aromatic rings. The molecular formula is C9H14N4. The predicted molar refractivity (Wildman–Crippen MR) is 54.0 cm³/mol. The summed E-state index contributed by atoms with van der Waals surface area (Å²) in [6.07, 6.45) is 1.59. The van der Waals surface area contributed by atoms with Gasteiger partial charge in [0, 0.05) is 17.8 Å². The van der Waals surface area contributed by atoms with Crippen LogP contribution in [-0.4, -0.2) is 16.9 Å². The summed E-state index contributed by atoms with van der Waals surface area (Å²) in [4.78, 5) is 4.11. The van der Waals surface area contributed by atoms with Crippen LogP contribution < -0.4 is 11.1 Å². The number of pyridine rings is 1. The van der Waals surface area contributed by atoms with Crippen LogP contribution in [-0.2, 0) is 0 Å². The zero-order chi connectivity index (χ0) is 9.84. The number of nitrogens with two attached hydrogens (primary N) is 1. The van der Waals surface area contributed by atoms with Crippen LogP contribution in [0.15, 0.2) is 18.3 Å². The van der Waals surface area contributed by atoms with E-state index >= 15 is 0 Å². The standard InChI is InChI=1S/C9H14N4/c1-6(2)13-8-4-3-7(5-12-8)9(10)11/h3-6H,1-2H3,(H3,10,11)(H,12,13). The van der Waals surface area contributed by atoms with E-state index in [0.717, 1.165) is 5.82 Å². The van der Waals surface area contributed by atoms with Crippen molar-refractivity contribution in [1.29, 1.82) is 5.41 Å². The first-order valence-electron chi connectivity index (χ1n) is 4.16. The van der Waals surface area contributed by atoms with E-state index in [1.165, 1.54) is 0 Å². The molecule has 4 nitrogen and oxygen atoms in total.